The van der Waals surface area contributed by atoms with Crippen LogP contribution in [0.1, 0.15) is 39.5 Å². The van der Waals surface area contributed by atoms with E-state index < -0.39 is 0 Å². The molecule has 0 bridgehead atoms. The second kappa shape index (κ2) is 8.80. The smallest absolute Gasteiger partial charge is 0.297 e. The third kappa shape index (κ3) is 5.15. The largest absolute Gasteiger partial charge is 0.461 e. The number of rotatable bonds is 6. The van der Waals surface area contributed by atoms with Crippen LogP contribution in [0.25, 0.3) is 11.0 Å². The Morgan fingerprint density at radius 3 is 2.70 bits per heavy atom. The zero-order chi connectivity index (χ0) is 19.6. The standard InChI is InChI=1S/C19H25BrClN3O3/c1-11(22-12(2)25)10-26-14-4-6-15(7-5-14)27-19-23-18-16(21)8-13(20)9-17(18)24(19)3/h8-9,11,14-15H,4-7,10H2,1-3H3,(H,22,25)/t11-,14?,15?/m0/s1. The molecule has 0 radical (unpaired) electrons. The van der Waals surface area contributed by atoms with Crippen LogP contribution in [0.5, 0.6) is 6.01 Å². The molecule has 1 saturated carbocycles. The average molecular weight is 459 g/mol. The summed E-state index contributed by atoms with van der Waals surface area (Å²) in [7, 11) is 1.94. The van der Waals surface area contributed by atoms with Crippen LogP contribution >= 0.6 is 27.5 Å². The number of aryl methyl sites for hydroxylation is 1. The Labute approximate surface area is 172 Å². The number of ether oxygens (including phenoxy) is 2. The van der Waals surface area contributed by atoms with Gasteiger partial charge in [0.15, 0.2) is 0 Å². The number of aromatic nitrogens is 2. The van der Waals surface area contributed by atoms with Crippen LogP contribution in [-0.2, 0) is 16.6 Å². The molecule has 2 aromatic rings. The lowest BCUT2D eigenvalue weighted by atomic mass is 9.95. The van der Waals surface area contributed by atoms with Crippen molar-refractivity contribution < 1.29 is 14.3 Å². The molecule has 1 aliphatic carbocycles. The van der Waals surface area contributed by atoms with Crippen LogP contribution in [0, 0.1) is 0 Å². The van der Waals surface area contributed by atoms with Gasteiger partial charge in [-0.15, -0.1) is 0 Å². The Morgan fingerprint density at radius 1 is 1.37 bits per heavy atom. The zero-order valence-corrected chi connectivity index (χ0v) is 18.1. The van der Waals surface area contributed by atoms with E-state index >= 15 is 0 Å². The van der Waals surface area contributed by atoms with Crippen LogP contribution in [0.2, 0.25) is 5.02 Å². The molecule has 0 aliphatic heterocycles. The first-order chi connectivity index (χ1) is 12.8. The van der Waals surface area contributed by atoms with E-state index in [4.69, 9.17) is 21.1 Å². The van der Waals surface area contributed by atoms with Gasteiger partial charge in [0.2, 0.25) is 5.91 Å². The maximum absolute atomic E-state index is 11.1. The van der Waals surface area contributed by atoms with E-state index in [0.717, 1.165) is 41.2 Å². The van der Waals surface area contributed by atoms with E-state index in [1.165, 1.54) is 6.92 Å². The average Bonchev–Trinajstić information content (AvgIpc) is 2.90. The summed E-state index contributed by atoms with van der Waals surface area (Å²) in [5, 5.41) is 3.44. The van der Waals surface area contributed by atoms with Gasteiger partial charge in [0, 0.05) is 24.5 Å². The highest BCUT2D eigenvalue weighted by Gasteiger charge is 2.25. The normalized spacial score (nSPS) is 21.2. The summed E-state index contributed by atoms with van der Waals surface area (Å²) in [5.41, 5.74) is 1.69. The predicted molar refractivity (Wildman–Crippen MR) is 109 cm³/mol. The minimum absolute atomic E-state index is 0.0283. The Hall–Kier alpha value is -1.31. The van der Waals surface area contributed by atoms with Gasteiger partial charge in [-0.05, 0) is 44.7 Å². The number of nitrogens with one attached hydrogen (secondary N) is 1. The third-order valence-corrected chi connectivity index (χ3v) is 5.53. The van der Waals surface area contributed by atoms with Crippen molar-refractivity contribution in [1.29, 1.82) is 0 Å². The van der Waals surface area contributed by atoms with Crippen molar-refractivity contribution in [1.82, 2.24) is 14.9 Å². The molecule has 8 heteroatoms. The summed E-state index contributed by atoms with van der Waals surface area (Å²) in [6.07, 6.45) is 4.04. The third-order valence-electron chi connectivity index (χ3n) is 4.79. The second-order valence-electron chi connectivity index (χ2n) is 7.16. The number of amides is 1. The van der Waals surface area contributed by atoms with Gasteiger partial charge in [-0.2, -0.15) is 4.98 Å². The van der Waals surface area contributed by atoms with E-state index in [2.05, 4.69) is 26.2 Å². The van der Waals surface area contributed by atoms with Crippen molar-refractivity contribution >= 4 is 44.5 Å². The van der Waals surface area contributed by atoms with Gasteiger partial charge in [-0.3, -0.25) is 9.36 Å². The Kier molecular flexibility index (Phi) is 6.65. The van der Waals surface area contributed by atoms with Gasteiger partial charge < -0.3 is 14.8 Å². The summed E-state index contributed by atoms with van der Waals surface area (Å²) >= 11 is 9.76. The fourth-order valence-corrected chi connectivity index (χ4v) is 4.27. The van der Waals surface area contributed by atoms with Crippen molar-refractivity contribution in [2.75, 3.05) is 6.61 Å². The van der Waals surface area contributed by atoms with Crippen molar-refractivity contribution in [3.8, 4) is 6.01 Å². The maximum Gasteiger partial charge on any atom is 0.297 e. The fourth-order valence-electron chi connectivity index (χ4n) is 3.43. The molecule has 0 unspecified atom stereocenters. The van der Waals surface area contributed by atoms with Crippen LogP contribution in [0.3, 0.4) is 0 Å². The first-order valence-electron chi connectivity index (χ1n) is 9.20. The van der Waals surface area contributed by atoms with Gasteiger partial charge >= 0.3 is 0 Å². The Balaban J connectivity index is 1.54. The lowest BCUT2D eigenvalue weighted by Crippen LogP contribution is -2.37. The first-order valence-corrected chi connectivity index (χ1v) is 10.4. The minimum atomic E-state index is -0.0298. The van der Waals surface area contributed by atoms with Crippen molar-refractivity contribution in [2.45, 2.75) is 57.8 Å². The molecule has 1 aromatic heterocycles. The fraction of sp³-hybridized carbons (Fsp3) is 0.579. The van der Waals surface area contributed by atoms with Crippen LogP contribution in [-0.4, -0.2) is 40.3 Å². The lowest BCUT2D eigenvalue weighted by Gasteiger charge is -2.29. The predicted octanol–water partition coefficient (Wildman–Crippen LogP) is 4.22. The van der Waals surface area contributed by atoms with Gasteiger partial charge in [-0.25, -0.2) is 0 Å². The molecular weight excluding hydrogens is 434 g/mol. The van der Waals surface area contributed by atoms with E-state index in [9.17, 15) is 4.79 Å². The molecular formula is C19H25BrClN3O3. The number of hydrogen-bond donors (Lipinski definition) is 1. The van der Waals surface area contributed by atoms with Gasteiger partial charge in [0.25, 0.3) is 6.01 Å². The number of imidazole rings is 1. The quantitative estimate of drug-likeness (QED) is 0.704. The number of carbonyl (C=O) groups is 1. The number of hydrogen-bond acceptors (Lipinski definition) is 4. The summed E-state index contributed by atoms with van der Waals surface area (Å²) in [5.74, 6) is -0.0298. The highest BCUT2D eigenvalue weighted by molar-refractivity contribution is 9.10. The SMILES string of the molecule is CC(=O)N[C@@H](C)COC1CCC(Oc2nc3c(Cl)cc(Br)cc3n2C)CC1. The number of benzene rings is 1. The summed E-state index contributed by atoms with van der Waals surface area (Å²) < 4.78 is 14.9. The van der Waals surface area contributed by atoms with Crippen LogP contribution in [0.4, 0.5) is 0 Å². The molecule has 1 fully saturated rings. The number of nitrogens with zero attached hydrogens (tertiary/aromatic N) is 2. The molecule has 1 heterocycles. The number of carbonyl (C=O) groups excluding carboxylic acids is 1. The van der Waals surface area contributed by atoms with Gasteiger partial charge in [-0.1, -0.05) is 27.5 Å². The molecule has 148 valence electrons. The maximum atomic E-state index is 11.1. The van der Waals surface area contributed by atoms with E-state index in [-0.39, 0.29) is 24.2 Å². The van der Waals surface area contributed by atoms with Crippen molar-refractivity contribution in [3.05, 3.63) is 21.6 Å². The van der Waals surface area contributed by atoms with Crippen molar-refractivity contribution in [2.24, 2.45) is 7.05 Å². The van der Waals surface area contributed by atoms with Gasteiger partial charge in [0.05, 0.1) is 23.3 Å². The van der Waals surface area contributed by atoms with Crippen LogP contribution in [0.15, 0.2) is 16.6 Å². The van der Waals surface area contributed by atoms with Crippen LogP contribution < -0.4 is 10.1 Å². The summed E-state index contributed by atoms with van der Waals surface area (Å²) in [6, 6.07) is 4.45. The number of halogens is 2. The summed E-state index contributed by atoms with van der Waals surface area (Å²) in [6.45, 7) is 4.01. The van der Waals surface area contributed by atoms with E-state index in [1.54, 1.807) is 0 Å². The van der Waals surface area contributed by atoms with E-state index in [0.29, 0.717) is 17.6 Å². The van der Waals surface area contributed by atoms with Gasteiger partial charge in [0.1, 0.15) is 11.6 Å². The highest BCUT2D eigenvalue weighted by atomic mass is 79.9. The second-order valence-corrected chi connectivity index (χ2v) is 8.48. The van der Waals surface area contributed by atoms with E-state index in [1.807, 2.05) is 30.7 Å². The van der Waals surface area contributed by atoms with Crippen molar-refractivity contribution in [3.63, 3.8) is 0 Å². The molecule has 1 atom stereocenters. The Morgan fingerprint density at radius 2 is 2.04 bits per heavy atom. The molecule has 27 heavy (non-hydrogen) atoms. The number of fused-ring (bicyclic) bond motifs is 1. The molecule has 1 N–H and O–H groups in total. The monoisotopic (exact) mass is 457 g/mol. The zero-order valence-electron chi connectivity index (χ0n) is 15.8. The molecule has 0 saturated heterocycles. The molecule has 1 aromatic carbocycles. The summed E-state index contributed by atoms with van der Waals surface area (Å²) in [4.78, 5) is 15.6. The molecule has 6 nitrogen and oxygen atoms in total. The first kappa shape index (κ1) is 20.4. The lowest BCUT2D eigenvalue weighted by molar-refractivity contribution is -0.120. The molecule has 0 spiro atoms. The minimum Gasteiger partial charge on any atom is -0.461 e. The molecule has 1 aliphatic rings. The highest BCUT2D eigenvalue weighted by Crippen LogP contribution is 2.32. The molecule has 1 amide bonds. The topological polar surface area (TPSA) is 65.4 Å². The molecule has 3 rings (SSSR count). The Bertz CT molecular complexity index is 818.